The largest absolute Gasteiger partial charge is 0.338 e. The van der Waals surface area contributed by atoms with Crippen molar-refractivity contribution in [3.05, 3.63) is 18.2 Å². The lowest BCUT2D eigenvalue weighted by molar-refractivity contribution is -0.122. The van der Waals surface area contributed by atoms with Crippen molar-refractivity contribution in [3.63, 3.8) is 0 Å². The van der Waals surface area contributed by atoms with E-state index in [2.05, 4.69) is 18.8 Å². The Hall–Kier alpha value is -1.12. The molecule has 0 saturated heterocycles. The number of imidazole rings is 1. The van der Waals surface area contributed by atoms with Gasteiger partial charge in [0.25, 0.3) is 0 Å². The monoisotopic (exact) mass is 194 g/mol. The molecule has 0 N–H and O–H groups in total. The Labute approximate surface area is 85.2 Å². The van der Waals surface area contributed by atoms with Gasteiger partial charge in [-0.3, -0.25) is 4.79 Å². The third-order valence-corrected chi connectivity index (χ3v) is 2.69. The van der Waals surface area contributed by atoms with Crippen molar-refractivity contribution in [2.45, 2.75) is 33.1 Å². The molecule has 0 fully saturated rings. The Kier molecular flexibility index (Phi) is 3.86. The summed E-state index contributed by atoms with van der Waals surface area (Å²) in [6, 6.07) is 0. The van der Waals surface area contributed by atoms with Crippen molar-refractivity contribution >= 4 is 5.78 Å². The van der Waals surface area contributed by atoms with Crippen LogP contribution in [0.1, 0.15) is 32.5 Å². The zero-order valence-electron chi connectivity index (χ0n) is 9.16. The van der Waals surface area contributed by atoms with E-state index in [1.165, 1.54) is 0 Å². The van der Waals surface area contributed by atoms with Gasteiger partial charge in [-0.2, -0.15) is 0 Å². The molecule has 0 unspecified atom stereocenters. The second-order valence-electron chi connectivity index (χ2n) is 3.61. The van der Waals surface area contributed by atoms with Crippen LogP contribution in [0, 0.1) is 5.92 Å². The summed E-state index contributed by atoms with van der Waals surface area (Å²) >= 11 is 0. The fourth-order valence-electron chi connectivity index (χ4n) is 1.61. The number of hydrogen-bond acceptors (Lipinski definition) is 2. The molecule has 0 aromatic carbocycles. The molecule has 1 rings (SSSR count). The molecule has 0 bridgehead atoms. The van der Waals surface area contributed by atoms with Gasteiger partial charge >= 0.3 is 0 Å². The smallest absolute Gasteiger partial charge is 0.143 e. The Morgan fingerprint density at radius 1 is 1.50 bits per heavy atom. The van der Waals surface area contributed by atoms with Crippen LogP contribution in [0.4, 0.5) is 0 Å². The Morgan fingerprint density at radius 2 is 2.14 bits per heavy atom. The maximum atomic E-state index is 11.8. The van der Waals surface area contributed by atoms with E-state index in [1.807, 2.05) is 17.8 Å². The fraction of sp³-hybridized carbons (Fsp3) is 0.636. The zero-order valence-corrected chi connectivity index (χ0v) is 9.16. The molecule has 1 aromatic rings. The normalized spacial score (nSPS) is 10.9. The third kappa shape index (κ3) is 2.44. The van der Waals surface area contributed by atoms with Crippen molar-refractivity contribution in [1.29, 1.82) is 0 Å². The van der Waals surface area contributed by atoms with E-state index in [1.54, 1.807) is 6.20 Å². The molecule has 0 spiro atoms. The topological polar surface area (TPSA) is 34.9 Å². The molecule has 0 amide bonds. The molecule has 0 aliphatic rings. The van der Waals surface area contributed by atoms with Crippen LogP contribution in [0.5, 0.6) is 0 Å². The quantitative estimate of drug-likeness (QED) is 0.718. The summed E-state index contributed by atoms with van der Waals surface area (Å²) in [5.74, 6) is 1.37. The lowest BCUT2D eigenvalue weighted by Crippen LogP contribution is -2.17. The highest BCUT2D eigenvalue weighted by molar-refractivity contribution is 5.82. The lowest BCUT2D eigenvalue weighted by Gasteiger charge is -2.10. The number of aromatic nitrogens is 2. The standard InChI is InChI=1S/C11H18N2O/c1-4-9(5-2)10(14)8-11-12-6-7-13(11)3/h6-7,9H,4-5,8H2,1-3H3. The summed E-state index contributed by atoms with van der Waals surface area (Å²) < 4.78 is 1.90. The molecule has 14 heavy (non-hydrogen) atoms. The van der Waals surface area contributed by atoms with Crippen molar-refractivity contribution < 1.29 is 4.79 Å². The fourth-order valence-corrected chi connectivity index (χ4v) is 1.61. The summed E-state index contributed by atoms with van der Waals surface area (Å²) in [5.41, 5.74) is 0. The van der Waals surface area contributed by atoms with Crippen LogP contribution in [0.2, 0.25) is 0 Å². The van der Waals surface area contributed by atoms with Crippen molar-refractivity contribution in [2.75, 3.05) is 0 Å². The molecular weight excluding hydrogens is 176 g/mol. The minimum atomic E-state index is 0.201. The van der Waals surface area contributed by atoms with Gasteiger partial charge in [-0.05, 0) is 12.8 Å². The minimum Gasteiger partial charge on any atom is -0.338 e. The molecule has 78 valence electrons. The molecule has 1 heterocycles. The van der Waals surface area contributed by atoms with Crippen molar-refractivity contribution in [3.8, 4) is 0 Å². The Morgan fingerprint density at radius 3 is 2.57 bits per heavy atom. The number of aryl methyl sites for hydroxylation is 1. The molecular formula is C11H18N2O. The van der Waals surface area contributed by atoms with Gasteiger partial charge in [0.2, 0.25) is 0 Å². The Bertz CT molecular complexity index is 300. The number of carbonyl (C=O) groups excluding carboxylic acids is 1. The summed E-state index contributed by atoms with van der Waals surface area (Å²) in [4.78, 5) is 15.9. The average Bonchev–Trinajstić information content (AvgIpc) is 2.54. The zero-order chi connectivity index (χ0) is 10.6. The molecule has 0 atom stereocenters. The summed E-state index contributed by atoms with van der Waals surface area (Å²) in [6.07, 6.45) is 5.93. The van der Waals surface area contributed by atoms with Gasteiger partial charge < -0.3 is 4.57 Å². The number of hydrogen-bond donors (Lipinski definition) is 0. The van der Waals surface area contributed by atoms with Crippen LogP contribution in [0.25, 0.3) is 0 Å². The summed E-state index contributed by atoms with van der Waals surface area (Å²) in [5, 5.41) is 0. The highest BCUT2D eigenvalue weighted by Crippen LogP contribution is 2.11. The van der Waals surface area contributed by atoms with Crippen LogP contribution in [0.15, 0.2) is 12.4 Å². The first-order valence-corrected chi connectivity index (χ1v) is 5.17. The van der Waals surface area contributed by atoms with Gasteiger partial charge in [-0.15, -0.1) is 0 Å². The van der Waals surface area contributed by atoms with E-state index < -0.39 is 0 Å². The van der Waals surface area contributed by atoms with E-state index in [-0.39, 0.29) is 5.92 Å². The van der Waals surface area contributed by atoms with Gasteiger partial charge in [0.1, 0.15) is 11.6 Å². The van der Waals surface area contributed by atoms with Gasteiger partial charge in [-0.25, -0.2) is 4.98 Å². The summed E-state index contributed by atoms with van der Waals surface area (Å²) in [7, 11) is 1.92. The predicted molar refractivity (Wildman–Crippen MR) is 56.0 cm³/mol. The first-order valence-electron chi connectivity index (χ1n) is 5.17. The van der Waals surface area contributed by atoms with Crippen LogP contribution in [-0.2, 0) is 18.3 Å². The maximum absolute atomic E-state index is 11.8. The van der Waals surface area contributed by atoms with E-state index in [0.717, 1.165) is 18.7 Å². The van der Waals surface area contributed by atoms with E-state index in [4.69, 9.17) is 0 Å². The van der Waals surface area contributed by atoms with Crippen molar-refractivity contribution in [1.82, 2.24) is 9.55 Å². The molecule has 0 aliphatic carbocycles. The SMILES string of the molecule is CCC(CC)C(=O)Cc1nccn1C. The highest BCUT2D eigenvalue weighted by atomic mass is 16.1. The number of nitrogens with zero attached hydrogens (tertiary/aromatic N) is 2. The second-order valence-corrected chi connectivity index (χ2v) is 3.61. The molecule has 0 saturated carbocycles. The van der Waals surface area contributed by atoms with E-state index in [0.29, 0.717) is 12.2 Å². The number of carbonyl (C=O) groups is 1. The van der Waals surface area contributed by atoms with E-state index in [9.17, 15) is 4.79 Å². The lowest BCUT2D eigenvalue weighted by atomic mass is 9.96. The molecule has 0 aliphatic heterocycles. The van der Waals surface area contributed by atoms with E-state index >= 15 is 0 Å². The highest BCUT2D eigenvalue weighted by Gasteiger charge is 2.16. The minimum absolute atomic E-state index is 0.201. The summed E-state index contributed by atoms with van der Waals surface area (Å²) in [6.45, 7) is 4.12. The third-order valence-electron chi connectivity index (χ3n) is 2.69. The van der Waals surface area contributed by atoms with Gasteiger partial charge in [-0.1, -0.05) is 13.8 Å². The first-order chi connectivity index (χ1) is 6.69. The van der Waals surface area contributed by atoms with Crippen molar-refractivity contribution in [2.24, 2.45) is 13.0 Å². The van der Waals surface area contributed by atoms with Gasteiger partial charge in [0.15, 0.2) is 0 Å². The second kappa shape index (κ2) is 4.94. The average molecular weight is 194 g/mol. The number of Topliss-reactive ketones (excluding diaryl/α,β-unsaturated/α-hetero) is 1. The maximum Gasteiger partial charge on any atom is 0.143 e. The van der Waals surface area contributed by atoms with Crippen LogP contribution >= 0.6 is 0 Å². The molecule has 3 heteroatoms. The molecule has 1 aromatic heterocycles. The Balaban J connectivity index is 2.61. The van der Waals surface area contributed by atoms with Crippen LogP contribution < -0.4 is 0 Å². The first kappa shape index (κ1) is 11.0. The molecule has 0 radical (unpaired) electrons. The number of rotatable bonds is 5. The van der Waals surface area contributed by atoms with Crippen LogP contribution in [0.3, 0.4) is 0 Å². The predicted octanol–water partition coefficient (Wildman–Crippen LogP) is 1.97. The number of ketones is 1. The molecule has 3 nitrogen and oxygen atoms in total. The van der Waals surface area contributed by atoms with Gasteiger partial charge in [0.05, 0.1) is 6.42 Å². The van der Waals surface area contributed by atoms with Gasteiger partial charge in [0, 0.05) is 25.4 Å². The van der Waals surface area contributed by atoms with Crippen LogP contribution in [-0.4, -0.2) is 15.3 Å².